The maximum absolute atomic E-state index is 14.5. The molecule has 1 N–H and O–H groups in total. The fraction of sp³-hybridized carbons (Fsp3) is 0.517. The number of carbonyl (C=O) groups is 2. The van der Waals surface area contributed by atoms with Gasteiger partial charge in [-0.1, -0.05) is 88.5 Å². The molecule has 1 spiro atoms. The minimum absolute atomic E-state index is 0.162. The van der Waals surface area contributed by atoms with E-state index >= 15 is 0 Å². The van der Waals surface area contributed by atoms with Gasteiger partial charge in [0.25, 0.3) is 0 Å². The molecule has 1 fully saturated rings. The molecule has 6 heteroatoms. The second kappa shape index (κ2) is 9.53. The second-order valence-corrected chi connectivity index (χ2v) is 17.6. The van der Waals surface area contributed by atoms with Gasteiger partial charge in [0.05, 0.1) is 19.4 Å². The Morgan fingerprint density at radius 1 is 1.06 bits per heavy atom. The summed E-state index contributed by atoms with van der Waals surface area (Å²) in [6.45, 7) is 14.0. The van der Waals surface area contributed by atoms with Crippen LogP contribution in [0.4, 0.5) is 10.1 Å². The van der Waals surface area contributed by atoms with Crippen LogP contribution in [0.15, 0.2) is 48.5 Å². The van der Waals surface area contributed by atoms with E-state index in [1.165, 1.54) is 12.1 Å². The highest BCUT2D eigenvalue weighted by Gasteiger charge is 2.65. The van der Waals surface area contributed by atoms with Gasteiger partial charge < -0.3 is 10.1 Å². The Morgan fingerprint density at radius 3 is 2.29 bits per heavy atom. The van der Waals surface area contributed by atoms with Crippen LogP contribution in [0.2, 0.25) is 22.2 Å². The molecule has 188 valence electrons. The third kappa shape index (κ3) is 4.04. The average Bonchev–Trinajstić information content (AvgIpc) is 3.32. The maximum atomic E-state index is 14.5. The second-order valence-electron chi connectivity index (χ2n) is 11.4. The molecule has 1 heterocycles. The molecule has 2 aromatic rings. The molecule has 1 amide bonds. The molecule has 0 radical (unpaired) electrons. The van der Waals surface area contributed by atoms with Gasteiger partial charge in [0.2, 0.25) is 5.91 Å². The predicted octanol–water partition coefficient (Wildman–Crippen LogP) is 7.22. The van der Waals surface area contributed by atoms with Crippen molar-refractivity contribution in [3.8, 4) is 0 Å². The van der Waals surface area contributed by atoms with Gasteiger partial charge in [0.15, 0.2) is 0 Å². The van der Waals surface area contributed by atoms with E-state index < -0.39 is 19.4 Å². The number of carbonyl (C=O) groups excluding carboxylic acids is 2. The standard InChI is InChI=1S/C29H38FNO3Si/c1-18(2)35(19(3)4,20(5)6)23-15-25(27(32)34-17-21-10-8-7-9-11-21)29(16-23)24-14-22(30)12-13-26(24)31-28(29)33/h7-14,18-20,23,25H,15-17H2,1-6H3,(H,31,33)/t23-,25-,29-/m1/s1. The van der Waals surface area contributed by atoms with Crippen LogP contribution in [0.1, 0.15) is 65.5 Å². The molecule has 0 saturated heterocycles. The van der Waals surface area contributed by atoms with Gasteiger partial charge in [-0.25, -0.2) is 4.39 Å². The average molecular weight is 496 g/mol. The smallest absolute Gasteiger partial charge is 0.310 e. The van der Waals surface area contributed by atoms with Crippen molar-refractivity contribution >= 4 is 25.6 Å². The van der Waals surface area contributed by atoms with Crippen LogP contribution in [0.5, 0.6) is 0 Å². The van der Waals surface area contributed by atoms with Crippen LogP contribution < -0.4 is 5.32 Å². The molecule has 1 saturated carbocycles. The van der Waals surface area contributed by atoms with E-state index in [4.69, 9.17) is 4.74 Å². The summed E-state index contributed by atoms with van der Waals surface area (Å²) in [6.07, 6.45) is 1.18. The molecular formula is C29H38FNO3Si. The molecule has 1 aliphatic heterocycles. The van der Waals surface area contributed by atoms with E-state index in [1.807, 2.05) is 30.3 Å². The molecule has 4 nitrogen and oxygen atoms in total. The third-order valence-electron chi connectivity index (χ3n) is 9.01. The molecule has 2 aromatic carbocycles. The zero-order valence-corrected chi connectivity index (χ0v) is 22.7. The van der Waals surface area contributed by atoms with Crippen LogP contribution in [0, 0.1) is 11.7 Å². The van der Waals surface area contributed by atoms with Gasteiger partial charge in [-0.05, 0) is 47.7 Å². The lowest BCUT2D eigenvalue weighted by Crippen LogP contribution is -2.49. The topological polar surface area (TPSA) is 55.4 Å². The van der Waals surface area contributed by atoms with Gasteiger partial charge in [0.1, 0.15) is 12.4 Å². The Labute approximate surface area is 209 Å². The number of fused-ring (bicyclic) bond motifs is 2. The lowest BCUT2D eigenvalue weighted by Gasteiger charge is -2.48. The largest absolute Gasteiger partial charge is 0.461 e. The number of amides is 1. The van der Waals surface area contributed by atoms with Gasteiger partial charge in [0, 0.05) is 5.69 Å². The van der Waals surface area contributed by atoms with Crippen LogP contribution in [0.3, 0.4) is 0 Å². The summed E-state index contributed by atoms with van der Waals surface area (Å²) in [4.78, 5) is 27.4. The van der Waals surface area contributed by atoms with E-state index in [9.17, 15) is 14.0 Å². The van der Waals surface area contributed by atoms with E-state index in [2.05, 4.69) is 46.9 Å². The monoisotopic (exact) mass is 495 g/mol. The molecule has 3 atom stereocenters. The van der Waals surface area contributed by atoms with Crippen molar-refractivity contribution in [1.82, 2.24) is 0 Å². The minimum Gasteiger partial charge on any atom is -0.461 e. The van der Waals surface area contributed by atoms with Crippen molar-refractivity contribution in [2.45, 2.75) is 88.6 Å². The van der Waals surface area contributed by atoms with Crippen molar-refractivity contribution in [3.05, 3.63) is 65.5 Å². The Kier molecular flexibility index (Phi) is 6.97. The summed E-state index contributed by atoms with van der Waals surface area (Å²) < 4.78 is 20.3. The zero-order valence-electron chi connectivity index (χ0n) is 21.7. The summed E-state index contributed by atoms with van der Waals surface area (Å²) in [5.74, 6) is -1.58. The van der Waals surface area contributed by atoms with E-state index in [0.29, 0.717) is 40.7 Å². The summed E-state index contributed by atoms with van der Waals surface area (Å²) in [6, 6.07) is 14.0. The predicted molar refractivity (Wildman–Crippen MR) is 140 cm³/mol. The maximum Gasteiger partial charge on any atom is 0.310 e. The molecule has 2 aliphatic rings. The Bertz CT molecular complexity index is 1080. The molecule has 1 aliphatic carbocycles. The molecule has 35 heavy (non-hydrogen) atoms. The molecule has 0 unspecified atom stereocenters. The van der Waals surface area contributed by atoms with Crippen LogP contribution >= 0.6 is 0 Å². The van der Waals surface area contributed by atoms with Gasteiger partial charge in [-0.15, -0.1) is 0 Å². The summed E-state index contributed by atoms with van der Waals surface area (Å²) in [5, 5.41) is 2.98. The first kappa shape index (κ1) is 25.6. The number of benzene rings is 2. The van der Waals surface area contributed by atoms with Crippen LogP contribution in [0.25, 0.3) is 0 Å². The van der Waals surface area contributed by atoms with Crippen LogP contribution in [-0.4, -0.2) is 20.0 Å². The summed E-state index contributed by atoms with van der Waals surface area (Å²) in [7, 11) is -2.01. The van der Waals surface area contributed by atoms with Crippen molar-refractivity contribution in [3.63, 3.8) is 0 Å². The van der Waals surface area contributed by atoms with Crippen molar-refractivity contribution in [1.29, 1.82) is 0 Å². The first-order valence-corrected chi connectivity index (χ1v) is 15.2. The molecule has 4 rings (SSSR count). The third-order valence-corrected chi connectivity index (χ3v) is 16.9. The number of ether oxygens (including phenoxy) is 1. The van der Waals surface area contributed by atoms with Crippen LogP contribution in [-0.2, 0) is 26.3 Å². The minimum atomic E-state index is -2.01. The fourth-order valence-electron chi connectivity index (χ4n) is 7.92. The number of halogens is 1. The normalized spacial score (nSPS) is 23.9. The zero-order chi connectivity index (χ0) is 25.5. The number of nitrogens with one attached hydrogen (secondary N) is 1. The lowest BCUT2D eigenvalue weighted by molar-refractivity contribution is -0.153. The summed E-state index contributed by atoms with van der Waals surface area (Å²) in [5.41, 5.74) is 2.75. The number of hydrogen-bond acceptors (Lipinski definition) is 3. The quantitative estimate of drug-likeness (QED) is 0.326. The Hall–Kier alpha value is -2.47. The highest BCUT2D eigenvalue weighted by molar-refractivity contribution is 6.84. The molecule has 0 aromatic heterocycles. The fourth-order valence-corrected chi connectivity index (χ4v) is 16.1. The van der Waals surface area contributed by atoms with Gasteiger partial charge in [-0.3, -0.25) is 9.59 Å². The van der Waals surface area contributed by atoms with E-state index in [1.54, 1.807) is 6.07 Å². The molecule has 0 bridgehead atoms. The Balaban J connectivity index is 1.79. The number of rotatable bonds is 7. The van der Waals surface area contributed by atoms with E-state index in [0.717, 1.165) is 5.56 Å². The highest BCUT2D eigenvalue weighted by Crippen LogP contribution is 2.64. The molecular weight excluding hydrogens is 457 g/mol. The van der Waals surface area contributed by atoms with Gasteiger partial charge in [-0.2, -0.15) is 0 Å². The SMILES string of the molecule is CC(C)[Si](C(C)C)(C(C)C)[C@@H]1C[C@H](C(=O)OCc2ccccc2)[C@]2(C1)C(=O)Nc1ccc(F)cc12. The number of anilines is 1. The van der Waals surface area contributed by atoms with Gasteiger partial charge >= 0.3 is 5.97 Å². The Morgan fingerprint density at radius 2 is 1.69 bits per heavy atom. The summed E-state index contributed by atoms with van der Waals surface area (Å²) >= 11 is 0. The lowest BCUT2D eigenvalue weighted by atomic mass is 9.73. The van der Waals surface area contributed by atoms with Crippen molar-refractivity contribution in [2.24, 2.45) is 5.92 Å². The number of esters is 1. The number of hydrogen-bond donors (Lipinski definition) is 1. The first-order chi connectivity index (χ1) is 16.5. The first-order valence-electron chi connectivity index (χ1n) is 12.9. The highest BCUT2D eigenvalue weighted by atomic mass is 28.3. The van der Waals surface area contributed by atoms with Crippen molar-refractivity contribution < 1.29 is 18.7 Å². The van der Waals surface area contributed by atoms with E-state index in [-0.39, 0.29) is 29.8 Å². The van der Waals surface area contributed by atoms with Crippen molar-refractivity contribution in [2.75, 3.05) is 5.32 Å².